The second-order valence-corrected chi connectivity index (χ2v) is 6.45. The van der Waals surface area contributed by atoms with E-state index < -0.39 is 0 Å². The molecule has 2 aromatic rings. The molecule has 112 valence electrons. The summed E-state index contributed by atoms with van der Waals surface area (Å²) in [6, 6.07) is 11.1. The Hall–Kier alpha value is -1.36. The molecule has 0 fully saturated rings. The minimum Gasteiger partial charge on any atom is -0.394 e. The van der Waals surface area contributed by atoms with Crippen molar-refractivity contribution in [1.29, 1.82) is 0 Å². The minimum absolute atomic E-state index is 0.0713. The maximum absolute atomic E-state index is 12.5. The molecule has 0 saturated heterocycles. The number of thiophene rings is 1. The van der Waals surface area contributed by atoms with Gasteiger partial charge < -0.3 is 10.4 Å². The van der Waals surface area contributed by atoms with Gasteiger partial charge in [0.25, 0.3) is 0 Å². The van der Waals surface area contributed by atoms with E-state index in [1.54, 1.807) is 30.4 Å². The Morgan fingerprint density at radius 3 is 2.62 bits per heavy atom. The smallest absolute Gasteiger partial charge is 0.228 e. The Morgan fingerprint density at radius 1 is 1.33 bits per heavy atom. The van der Waals surface area contributed by atoms with Gasteiger partial charge in [-0.05, 0) is 42.5 Å². The van der Waals surface area contributed by atoms with Crippen LogP contribution in [0.2, 0.25) is 5.02 Å². The van der Waals surface area contributed by atoms with Gasteiger partial charge in [-0.25, -0.2) is 0 Å². The Bertz CT molecular complexity index is 568. The third-order valence-corrected chi connectivity index (χ3v) is 4.39. The van der Waals surface area contributed by atoms with Gasteiger partial charge in [0.15, 0.2) is 0 Å². The van der Waals surface area contributed by atoms with Gasteiger partial charge in [0.1, 0.15) is 0 Å². The molecule has 0 aliphatic heterocycles. The van der Waals surface area contributed by atoms with Crippen LogP contribution in [0.4, 0.5) is 0 Å². The van der Waals surface area contributed by atoms with Gasteiger partial charge in [0.05, 0.1) is 12.5 Å². The molecule has 0 aliphatic carbocycles. The average Bonchev–Trinajstić information content (AvgIpc) is 2.98. The summed E-state index contributed by atoms with van der Waals surface area (Å²) in [5.41, 5.74) is 0.926. The first kappa shape index (κ1) is 16.0. The van der Waals surface area contributed by atoms with E-state index in [2.05, 4.69) is 5.32 Å². The zero-order chi connectivity index (χ0) is 15.2. The fraction of sp³-hybridized carbons (Fsp3) is 0.312. The Balaban J connectivity index is 2.21. The fourth-order valence-corrected chi connectivity index (χ4v) is 2.95. The first-order valence-corrected chi connectivity index (χ1v) is 8.05. The van der Waals surface area contributed by atoms with E-state index in [0.29, 0.717) is 11.4 Å². The minimum atomic E-state index is -0.282. The molecule has 1 unspecified atom stereocenters. The van der Waals surface area contributed by atoms with Crippen LogP contribution < -0.4 is 5.32 Å². The van der Waals surface area contributed by atoms with Crippen molar-refractivity contribution < 1.29 is 9.90 Å². The lowest BCUT2D eigenvalue weighted by Gasteiger charge is -2.19. The van der Waals surface area contributed by atoms with Gasteiger partial charge in [-0.2, -0.15) is 0 Å². The first-order valence-electron chi connectivity index (χ1n) is 6.79. The molecule has 0 bridgehead atoms. The van der Waals surface area contributed by atoms with Crippen LogP contribution in [0, 0.1) is 0 Å². The number of carbonyl (C=O) groups excluding carboxylic acids is 1. The molecule has 5 heteroatoms. The monoisotopic (exact) mass is 323 g/mol. The first-order chi connectivity index (χ1) is 10.1. The molecular weight excluding hydrogens is 306 g/mol. The Labute approximate surface area is 133 Å². The summed E-state index contributed by atoms with van der Waals surface area (Å²) in [5, 5.41) is 14.6. The maximum Gasteiger partial charge on any atom is 0.228 e. The summed E-state index contributed by atoms with van der Waals surface area (Å²) in [6.07, 6.45) is 0.642. The van der Waals surface area contributed by atoms with Crippen LogP contribution in [0.3, 0.4) is 0 Å². The standard InChI is InChI=1S/C16H18ClNO2S/c1-11(10-19)18-16(20)15(9-14-3-2-8-21-14)12-4-6-13(17)7-5-12/h2-8,11,15,19H,9-10H2,1H3,(H,18,20)/t11-,15?/m0/s1. The molecule has 0 saturated carbocycles. The summed E-state index contributed by atoms with van der Waals surface area (Å²) >= 11 is 7.55. The highest BCUT2D eigenvalue weighted by Crippen LogP contribution is 2.25. The molecular formula is C16H18ClNO2S. The van der Waals surface area contributed by atoms with Crippen molar-refractivity contribution >= 4 is 28.8 Å². The van der Waals surface area contributed by atoms with Gasteiger partial charge in [-0.3, -0.25) is 4.79 Å². The quantitative estimate of drug-likeness (QED) is 0.857. The largest absolute Gasteiger partial charge is 0.394 e. The molecule has 1 aromatic carbocycles. The highest BCUT2D eigenvalue weighted by atomic mass is 35.5. The van der Waals surface area contributed by atoms with Crippen LogP contribution in [0.25, 0.3) is 0 Å². The molecule has 0 radical (unpaired) electrons. The predicted molar refractivity (Wildman–Crippen MR) is 86.9 cm³/mol. The summed E-state index contributed by atoms with van der Waals surface area (Å²) in [5.74, 6) is -0.359. The van der Waals surface area contributed by atoms with E-state index in [1.807, 2.05) is 29.6 Å². The number of halogens is 1. The van der Waals surface area contributed by atoms with Crippen molar-refractivity contribution in [2.75, 3.05) is 6.61 Å². The molecule has 1 amide bonds. The van der Waals surface area contributed by atoms with Gasteiger partial charge in [-0.15, -0.1) is 11.3 Å². The van der Waals surface area contributed by atoms with Gasteiger partial charge >= 0.3 is 0 Å². The van der Waals surface area contributed by atoms with E-state index in [1.165, 1.54) is 0 Å². The van der Waals surface area contributed by atoms with E-state index in [4.69, 9.17) is 16.7 Å². The average molecular weight is 324 g/mol. The van der Waals surface area contributed by atoms with E-state index in [-0.39, 0.29) is 24.5 Å². The van der Waals surface area contributed by atoms with Crippen LogP contribution in [-0.4, -0.2) is 23.7 Å². The zero-order valence-corrected chi connectivity index (χ0v) is 13.3. The maximum atomic E-state index is 12.5. The molecule has 21 heavy (non-hydrogen) atoms. The van der Waals surface area contributed by atoms with Crippen molar-refractivity contribution in [3.63, 3.8) is 0 Å². The lowest BCUT2D eigenvalue weighted by molar-refractivity contribution is -0.123. The number of hydrogen-bond acceptors (Lipinski definition) is 3. The van der Waals surface area contributed by atoms with E-state index >= 15 is 0 Å². The second-order valence-electron chi connectivity index (χ2n) is 4.98. The molecule has 3 nitrogen and oxygen atoms in total. The molecule has 0 spiro atoms. The molecule has 1 aromatic heterocycles. The summed E-state index contributed by atoms with van der Waals surface area (Å²) in [4.78, 5) is 13.6. The molecule has 2 rings (SSSR count). The predicted octanol–water partition coefficient (Wildman–Crippen LogP) is 3.22. The topological polar surface area (TPSA) is 49.3 Å². The number of aliphatic hydroxyl groups is 1. The third-order valence-electron chi connectivity index (χ3n) is 3.24. The number of hydrogen-bond donors (Lipinski definition) is 2. The summed E-state index contributed by atoms with van der Waals surface area (Å²) in [6.45, 7) is 1.71. The van der Waals surface area contributed by atoms with Crippen molar-refractivity contribution in [3.8, 4) is 0 Å². The molecule has 2 N–H and O–H groups in total. The van der Waals surface area contributed by atoms with Gasteiger partial charge in [-0.1, -0.05) is 29.8 Å². The number of rotatable bonds is 6. The van der Waals surface area contributed by atoms with Gasteiger partial charge in [0.2, 0.25) is 5.91 Å². The highest BCUT2D eigenvalue weighted by molar-refractivity contribution is 7.09. The van der Waals surface area contributed by atoms with Crippen LogP contribution in [0.15, 0.2) is 41.8 Å². The summed E-state index contributed by atoms with van der Waals surface area (Å²) in [7, 11) is 0. The number of carbonyl (C=O) groups is 1. The molecule has 1 heterocycles. The lowest BCUT2D eigenvalue weighted by atomic mass is 9.94. The molecule has 2 atom stereocenters. The zero-order valence-electron chi connectivity index (χ0n) is 11.8. The van der Waals surface area contributed by atoms with Crippen LogP contribution in [-0.2, 0) is 11.2 Å². The molecule has 0 aliphatic rings. The number of benzene rings is 1. The summed E-state index contributed by atoms with van der Waals surface area (Å²) < 4.78 is 0. The van der Waals surface area contributed by atoms with Crippen molar-refractivity contribution in [2.45, 2.75) is 25.3 Å². The normalized spacial score (nSPS) is 13.7. The second kappa shape index (κ2) is 7.59. The van der Waals surface area contributed by atoms with E-state index in [9.17, 15) is 4.79 Å². The van der Waals surface area contributed by atoms with Crippen LogP contribution in [0.5, 0.6) is 0 Å². The fourth-order valence-electron chi connectivity index (χ4n) is 2.08. The third kappa shape index (κ3) is 4.56. The highest BCUT2D eigenvalue weighted by Gasteiger charge is 2.22. The number of nitrogens with one attached hydrogen (secondary N) is 1. The van der Waals surface area contributed by atoms with Crippen molar-refractivity contribution in [3.05, 3.63) is 57.2 Å². The van der Waals surface area contributed by atoms with Crippen molar-refractivity contribution in [1.82, 2.24) is 5.32 Å². The van der Waals surface area contributed by atoms with Gasteiger partial charge in [0, 0.05) is 15.9 Å². The Morgan fingerprint density at radius 2 is 2.05 bits per heavy atom. The van der Waals surface area contributed by atoms with Crippen LogP contribution in [0.1, 0.15) is 23.3 Å². The lowest BCUT2D eigenvalue weighted by Crippen LogP contribution is -2.38. The number of amides is 1. The van der Waals surface area contributed by atoms with E-state index in [0.717, 1.165) is 10.4 Å². The van der Waals surface area contributed by atoms with Crippen molar-refractivity contribution in [2.24, 2.45) is 0 Å². The Kier molecular flexibility index (Phi) is 5.79. The SMILES string of the molecule is C[C@@H](CO)NC(=O)C(Cc1cccs1)c1ccc(Cl)cc1. The number of aliphatic hydroxyl groups excluding tert-OH is 1. The van der Waals surface area contributed by atoms with Crippen LogP contribution >= 0.6 is 22.9 Å².